The van der Waals surface area contributed by atoms with Gasteiger partial charge in [-0.3, -0.25) is 14.3 Å². The van der Waals surface area contributed by atoms with Crippen molar-refractivity contribution in [1.82, 2.24) is 13.9 Å². The maximum Gasteiger partial charge on any atom is 0.328 e. The van der Waals surface area contributed by atoms with Gasteiger partial charge in [-0.2, -0.15) is 4.31 Å². The first kappa shape index (κ1) is 21.8. The summed E-state index contributed by atoms with van der Waals surface area (Å²) in [7, 11) is -4.11. The van der Waals surface area contributed by atoms with E-state index >= 15 is 0 Å². The minimum atomic E-state index is -4.11. The van der Waals surface area contributed by atoms with Gasteiger partial charge in [0.05, 0.1) is 12.1 Å². The molecule has 1 aromatic rings. The topological polar surface area (TPSA) is 112 Å². The van der Waals surface area contributed by atoms with Crippen LogP contribution in [0.3, 0.4) is 0 Å². The molecule has 1 aliphatic rings. The zero-order chi connectivity index (χ0) is 20.2. The van der Waals surface area contributed by atoms with Gasteiger partial charge < -0.3 is 5.11 Å². The highest BCUT2D eigenvalue weighted by atomic mass is 32.2. The van der Waals surface area contributed by atoms with E-state index in [9.17, 15) is 23.1 Å². The van der Waals surface area contributed by atoms with E-state index in [0.717, 1.165) is 31.9 Å². The second-order valence-corrected chi connectivity index (χ2v) is 9.42. The van der Waals surface area contributed by atoms with E-state index in [1.807, 2.05) is 6.92 Å². The molecular formula is C18H31N3O5S. The van der Waals surface area contributed by atoms with Crippen LogP contribution in [0.2, 0.25) is 0 Å². The second kappa shape index (κ2) is 9.16. The van der Waals surface area contributed by atoms with Crippen molar-refractivity contribution in [2.75, 3.05) is 6.54 Å². The number of aliphatic hydroxyl groups excluding tert-OH is 1. The molecule has 1 aliphatic heterocycles. The Morgan fingerprint density at radius 1 is 1.30 bits per heavy atom. The summed E-state index contributed by atoms with van der Waals surface area (Å²) in [5.74, 6) is 0.293. The Hall–Kier alpha value is -1.45. The summed E-state index contributed by atoms with van der Waals surface area (Å²) in [4.78, 5) is 26.0. The molecule has 2 rings (SSSR count). The lowest BCUT2D eigenvalue weighted by Gasteiger charge is -2.38. The number of nitrogens with zero attached hydrogens (tertiary/aromatic N) is 2. The van der Waals surface area contributed by atoms with E-state index in [2.05, 4.69) is 11.9 Å². The van der Waals surface area contributed by atoms with Gasteiger partial charge in [-0.05, 0) is 32.1 Å². The first-order valence-electron chi connectivity index (χ1n) is 9.72. The van der Waals surface area contributed by atoms with Crippen LogP contribution in [0.25, 0.3) is 0 Å². The van der Waals surface area contributed by atoms with Gasteiger partial charge in [0, 0.05) is 19.3 Å². The predicted octanol–water partition coefficient (Wildman–Crippen LogP) is 1.29. The van der Waals surface area contributed by atoms with Crippen molar-refractivity contribution >= 4 is 10.0 Å². The molecule has 1 fully saturated rings. The van der Waals surface area contributed by atoms with E-state index in [0.29, 0.717) is 25.3 Å². The van der Waals surface area contributed by atoms with Crippen LogP contribution in [0.1, 0.15) is 59.3 Å². The fourth-order valence-electron chi connectivity index (χ4n) is 3.57. The van der Waals surface area contributed by atoms with Crippen LogP contribution in [0.5, 0.6) is 0 Å². The van der Waals surface area contributed by atoms with Crippen LogP contribution in [0, 0.1) is 5.92 Å². The Labute approximate surface area is 160 Å². The number of hydrogen-bond donors (Lipinski definition) is 2. The highest BCUT2D eigenvalue weighted by Crippen LogP contribution is 2.29. The van der Waals surface area contributed by atoms with Gasteiger partial charge in [0.25, 0.3) is 5.56 Å². The third-order valence-corrected chi connectivity index (χ3v) is 7.15. The molecule has 1 aromatic heterocycles. The van der Waals surface area contributed by atoms with Gasteiger partial charge in [-0.15, -0.1) is 0 Å². The van der Waals surface area contributed by atoms with Gasteiger partial charge in [-0.1, -0.05) is 33.1 Å². The van der Waals surface area contributed by atoms with Crippen LogP contribution in [0.4, 0.5) is 0 Å². The third kappa shape index (κ3) is 5.08. The van der Waals surface area contributed by atoms with E-state index in [-0.39, 0.29) is 6.54 Å². The molecule has 0 radical (unpaired) electrons. The first-order chi connectivity index (χ1) is 12.7. The predicted molar refractivity (Wildman–Crippen MR) is 103 cm³/mol. The standard InChI is InChI=1S/C18H31N3O5S/c1-4-5-6-7-9-20-12-16(17(23)19-18(20)24)27(25,26)21-10-8-13(2)11-15(21)14(3)22/h12-15,22H,4-11H2,1-3H3,(H,19,23,24). The maximum absolute atomic E-state index is 13.1. The fourth-order valence-corrected chi connectivity index (χ4v) is 5.33. The molecule has 3 atom stereocenters. The highest BCUT2D eigenvalue weighted by molar-refractivity contribution is 7.89. The number of aryl methyl sites for hydroxylation is 1. The number of aromatic nitrogens is 2. The van der Waals surface area contributed by atoms with E-state index < -0.39 is 38.3 Å². The lowest BCUT2D eigenvalue weighted by molar-refractivity contribution is 0.0675. The van der Waals surface area contributed by atoms with Gasteiger partial charge in [-0.25, -0.2) is 13.2 Å². The molecule has 154 valence electrons. The number of aliphatic hydroxyl groups is 1. The molecular weight excluding hydrogens is 370 g/mol. The number of H-pyrrole nitrogens is 1. The van der Waals surface area contributed by atoms with Crippen molar-refractivity contribution in [3.63, 3.8) is 0 Å². The monoisotopic (exact) mass is 401 g/mol. The van der Waals surface area contributed by atoms with Gasteiger partial charge in [0.2, 0.25) is 10.0 Å². The Bertz CT molecular complexity index is 843. The molecule has 0 aliphatic carbocycles. The van der Waals surface area contributed by atoms with E-state index in [1.165, 1.54) is 8.87 Å². The molecule has 27 heavy (non-hydrogen) atoms. The molecule has 0 aromatic carbocycles. The van der Waals surface area contributed by atoms with Crippen molar-refractivity contribution in [3.05, 3.63) is 27.0 Å². The third-order valence-electron chi connectivity index (χ3n) is 5.23. The van der Waals surface area contributed by atoms with Crippen LogP contribution in [-0.4, -0.2) is 46.1 Å². The van der Waals surface area contributed by atoms with Crippen LogP contribution in [0.15, 0.2) is 20.7 Å². The van der Waals surface area contributed by atoms with Crippen molar-refractivity contribution < 1.29 is 13.5 Å². The number of nitrogens with one attached hydrogen (secondary N) is 1. The molecule has 0 saturated carbocycles. The van der Waals surface area contributed by atoms with Gasteiger partial charge in [0.15, 0.2) is 4.90 Å². The number of piperidine rings is 1. The van der Waals surface area contributed by atoms with Crippen molar-refractivity contribution in [1.29, 1.82) is 0 Å². The fraction of sp³-hybridized carbons (Fsp3) is 0.778. The highest BCUT2D eigenvalue weighted by Gasteiger charge is 2.39. The number of rotatable bonds is 8. The van der Waals surface area contributed by atoms with Crippen LogP contribution in [-0.2, 0) is 16.6 Å². The largest absolute Gasteiger partial charge is 0.392 e. The average Bonchev–Trinajstić information content (AvgIpc) is 2.59. The number of hydrogen-bond acceptors (Lipinski definition) is 5. The SMILES string of the molecule is CCCCCCn1cc(S(=O)(=O)N2CCC(C)CC2C(C)O)c(=O)[nH]c1=O. The van der Waals surface area contributed by atoms with Crippen molar-refractivity contribution in [3.8, 4) is 0 Å². The molecule has 2 heterocycles. The summed E-state index contributed by atoms with van der Waals surface area (Å²) in [5, 5.41) is 10.1. The molecule has 3 unspecified atom stereocenters. The zero-order valence-corrected chi connectivity index (χ0v) is 17.2. The van der Waals surface area contributed by atoms with Crippen LogP contribution >= 0.6 is 0 Å². The molecule has 0 amide bonds. The molecule has 9 heteroatoms. The normalized spacial score (nSPS) is 22.7. The summed E-state index contributed by atoms with van der Waals surface area (Å²) in [6.45, 7) is 6.25. The quantitative estimate of drug-likeness (QED) is 0.637. The Kier molecular flexibility index (Phi) is 7.41. The van der Waals surface area contributed by atoms with Gasteiger partial charge >= 0.3 is 5.69 Å². The molecule has 0 bridgehead atoms. The maximum atomic E-state index is 13.1. The first-order valence-corrected chi connectivity index (χ1v) is 11.2. The molecule has 0 spiro atoms. The van der Waals surface area contributed by atoms with E-state index in [4.69, 9.17) is 0 Å². The minimum Gasteiger partial charge on any atom is -0.392 e. The molecule has 1 saturated heterocycles. The summed E-state index contributed by atoms with van der Waals surface area (Å²) >= 11 is 0. The number of unbranched alkanes of at least 4 members (excludes halogenated alkanes) is 3. The van der Waals surface area contributed by atoms with Crippen molar-refractivity contribution in [2.45, 2.75) is 82.9 Å². The van der Waals surface area contributed by atoms with E-state index in [1.54, 1.807) is 6.92 Å². The summed E-state index contributed by atoms with van der Waals surface area (Å²) in [5.41, 5.74) is -1.51. The Morgan fingerprint density at radius 3 is 2.63 bits per heavy atom. The zero-order valence-electron chi connectivity index (χ0n) is 16.3. The smallest absolute Gasteiger partial charge is 0.328 e. The average molecular weight is 402 g/mol. The Balaban J connectivity index is 2.37. The number of sulfonamides is 1. The molecule has 2 N–H and O–H groups in total. The lowest BCUT2D eigenvalue weighted by atomic mass is 9.92. The van der Waals surface area contributed by atoms with Crippen LogP contribution < -0.4 is 11.2 Å². The van der Waals surface area contributed by atoms with Crippen molar-refractivity contribution in [2.24, 2.45) is 5.92 Å². The second-order valence-electron chi connectivity index (χ2n) is 7.56. The summed E-state index contributed by atoms with van der Waals surface area (Å²) in [6, 6.07) is -0.580. The number of aromatic amines is 1. The summed E-state index contributed by atoms with van der Waals surface area (Å²) < 4.78 is 28.8. The Morgan fingerprint density at radius 2 is 2.00 bits per heavy atom. The van der Waals surface area contributed by atoms with Gasteiger partial charge in [0.1, 0.15) is 0 Å². The minimum absolute atomic E-state index is 0.244. The molecule has 8 nitrogen and oxygen atoms in total. The summed E-state index contributed by atoms with van der Waals surface area (Å²) in [6.07, 6.45) is 5.25. The lowest BCUT2D eigenvalue weighted by Crippen LogP contribution is -2.51.